The summed E-state index contributed by atoms with van der Waals surface area (Å²) in [5.41, 5.74) is 0.697. The zero-order chi connectivity index (χ0) is 14.7. The van der Waals surface area contributed by atoms with E-state index in [1.807, 2.05) is 0 Å². The Labute approximate surface area is 123 Å². The highest BCUT2D eigenvalue weighted by Gasteiger charge is 2.25. The van der Waals surface area contributed by atoms with E-state index in [1.54, 1.807) is 6.07 Å². The predicted molar refractivity (Wildman–Crippen MR) is 75.1 cm³/mol. The van der Waals surface area contributed by atoms with Crippen LogP contribution in [0.5, 0.6) is 0 Å². The number of hydrogen-bond acceptors (Lipinski definition) is 3. The van der Waals surface area contributed by atoms with Crippen molar-refractivity contribution in [2.45, 2.75) is 31.5 Å². The molecule has 2 heterocycles. The van der Waals surface area contributed by atoms with Crippen molar-refractivity contribution in [3.8, 4) is 0 Å². The van der Waals surface area contributed by atoms with Gasteiger partial charge in [-0.15, -0.1) is 0 Å². The third-order valence-electron chi connectivity index (χ3n) is 4.20. The Morgan fingerprint density at radius 1 is 1.10 bits per heavy atom. The van der Waals surface area contributed by atoms with Crippen molar-refractivity contribution in [1.82, 2.24) is 4.90 Å². The lowest BCUT2D eigenvalue weighted by Crippen LogP contribution is -2.43. The smallest absolute Gasteiger partial charge is 0.159 e. The standard InChI is InChI=1S/C16H21F2NO2/c17-14-5-4-12(9-15(14)18)16-11-19(6-8-21-16)10-13-3-1-2-7-20-13/h4-5,9,13,16H,1-3,6-8,10-11H2. The SMILES string of the molecule is Fc1ccc(C2CN(CC3CCCCO3)CCO2)cc1F. The molecule has 2 aliphatic heterocycles. The summed E-state index contributed by atoms with van der Waals surface area (Å²) in [6.45, 7) is 3.91. The summed E-state index contributed by atoms with van der Waals surface area (Å²) in [5, 5.41) is 0. The topological polar surface area (TPSA) is 21.7 Å². The Balaban J connectivity index is 1.60. The van der Waals surface area contributed by atoms with Gasteiger partial charge in [-0.1, -0.05) is 6.07 Å². The third-order valence-corrected chi connectivity index (χ3v) is 4.20. The molecule has 0 bridgehead atoms. The average molecular weight is 297 g/mol. The van der Waals surface area contributed by atoms with Crippen molar-refractivity contribution in [2.75, 3.05) is 32.8 Å². The first-order chi connectivity index (χ1) is 10.2. The van der Waals surface area contributed by atoms with E-state index in [2.05, 4.69) is 4.90 Å². The fourth-order valence-electron chi connectivity index (χ4n) is 3.02. The first-order valence-electron chi connectivity index (χ1n) is 7.63. The van der Waals surface area contributed by atoms with Crippen LogP contribution in [-0.4, -0.2) is 43.9 Å². The Morgan fingerprint density at radius 2 is 2.00 bits per heavy atom. The molecule has 0 aromatic heterocycles. The second-order valence-corrected chi connectivity index (χ2v) is 5.78. The zero-order valence-electron chi connectivity index (χ0n) is 12.1. The number of morpholine rings is 1. The van der Waals surface area contributed by atoms with Crippen LogP contribution in [0, 0.1) is 11.6 Å². The third kappa shape index (κ3) is 3.78. The van der Waals surface area contributed by atoms with E-state index in [4.69, 9.17) is 9.47 Å². The largest absolute Gasteiger partial charge is 0.377 e. The minimum Gasteiger partial charge on any atom is -0.377 e. The van der Waals surface area contributed by atoms with Crippen molar-refractivity contribution in [3.05, 3.63) is 35.4 Å². The molecule has 0 radical (unpaired) electrons. The van der Waals surface area contributed by atoms with Gasteiger partial charge < -0.3 is 9.47 Å². The van der Waals surface area contributed by atoms with Crippen LogP contribution in [0.3, 0.4) is 0 Å². The fraction of sp³-hybridized carbons (Fsp3) is 0.625. The average Bonchev–Trinajstić information content (AvgIpc) is 2.51. The van der Waals surface area contributed by atoms with Crippen molar-refractivity contribution in [2.24, 2.45) is 0 Å². The van der Waals surface area contributed by atoms with E-state index in [0.29, 0.717) is 24.8 Å². The number of halogens is 2. The van der Waals surface area contributed by atoms with E-state index in [9.17, 15) is 8.78 Å². The molecule has 3 nitrogen and oxygen atoms in total. The summed E-state index contributed by atoms with van der Waals surface area (Å²) >= 11 is 0. The molecule has 0 N–H and O–H groups in total. The molecule has 2 unspecified atom stereocenters. The number of benzene rings is 1. The van der Waals surface area contributed by atoms with Crippen LogP contribution in [0.1, 0.15) is 30.9 Å². The van der Waals surface area contributed by atoms with Crippen LogP contribution in [0.4, 0.5) is 8.78 Å². The second-order valence-electron chi connectivity index (χ2n) is 5.78. The molecule has 0 saturated carbocycles. The summed E-state index contributed by atoms with van der Waals surface area (Å²) in [4.78, 5) is 2.30. The lowest BCUT2D eigenvalue weighted by atomic mass is 10.1. The van der Waals surface area contributed by atoms with Crippen molar-refractivity contribution >= 4 is 0 Å². The maximum absolute atomic E-state index is 13.3. The van der Waals surface area contributed by atoms with E-state index < -0.39 is 11.6 Å². The van der Waals surface area contributed by atoms with Gasteiger partial charge >= 0.3 is 0 Å². The maximum atomic E-state index is 13.3. The Bertz CT molecular complexity index is 477. The van der Waals surface area contributed by atoms with E-state index >= 15 is 0 Å². The molecular formula is C16H21F2NO2. The van der Waals surface area contributed by atoms with Gasteiger partial charge in [0.25, 0.3) is 0 Å². The molecule has 2 aliphatic rings. The number of nitrogens with zero attached hydrogens (tertiary/aromatic N) is 1. The van der Waals surface area contributed by atoms with Crippen molar-refractivity contribution in [1.29, 1.82) is 0 Å². The Hall–Kier alpha value is -1.04. The highest BCUT2D eigenvalue weighted by atomic mass is 19.2. The maximum Gasteiger partial charge on any atom is 0.159 e. The number of hydrogen-bond donors (Lipinski definition) is 0. The molecule has 3 rings (SSSR count). The van der Waals surface area contributed by atoms with Gasteiger partial charge in [0.15, 0.2) is 11.6 Å². The van der Waals surface area contributed by atoms with Gasteiger partial charge in [-0.3, -0.25) is 4.90 Å². The van der Waals surface area contributed by atoms with Crippen LogP contribution in [0.2, 0.25) is 0 Å². The molecular weight excluding hydrogens is 276 g/mol. The molecule has 2 fully saturated rings. The molecule has 116 valence electrons. The van der Waals surface area contributed by atoms with Crippen molar-refractivity contribution in [3.63, 3.8) is 0 Å². The normalized spacial score (nSPS) is 27.7. The summed E-state index contributed by atoms with van der Waals surface area (Å²) in [5.74, 6) is -1.63. The quantitative estimate of drug-likeness (QED) is 0.856. The van der Waals surface area contributed by atoms with Gasteiger partial charge in [-0.05, 0) is 37.0 Å². The van der Waals surface area contributed by atoms with Gasteiger partial charge in [-0.2, -0.15) is 0 Å². The molecule has 2 saturated heterocycles. The summed E-state index contributed by atoms with van der Waals surface area (Å²) < 4.78 is 37.8. The van der Waals surface area contributed by atoms with Gasteiger partial charge in [0.2, 0.25) is 0 Å². The first kappa shape index (κ1) is 14.9. The van der Waals surface area contributed by atoms with Gasteiger partial charge in [0.05, 0.1) is 18.8 Å². The van der Waals surface area contributed by atoms with Gasteiger partial charge in [0, 0.05) is 26.2 Å². The monoisotopic (exact) mass is 297 g/mol. The molecule has 1 aromatic rings. The van der Waals surface area contributed by atoms with Crippen LogP contribution in [0.25, 0.3) is 0 Å². The van der Waals surface area contributed by atoms with Crippen LogP contribution >= 0.6 is 0 Å². The Kier molecular flexibility index (Phi) is 4.83. The second kappa shape index (κ2) is 6.81. The highest BCUT2D eigenvalue weighted by molar-refractivity contribution is 5.21. The predicted octanol–water partition coefficient (Wildman–Crippen LogP) is 2.91. The molecule has 21 heavy (non-hydrogen) atoms. The molecule has 0 spiro atoms. The lowest BCUT2D eigenvalue weighted by molar-refractivity contribution is -0.0612. The first-order valence-corrected chi connectivity index (χ1v) is 7.63. The van der Waals surface area contributed by atoms with E-state index in [1.165, 1.54) is 12.5 Å². The van der Waals surface area contributed by atoms with Gasteiger partial charge in [-0.25, -0.2) is 8.78 Å². The minimum absolute atomic E-state index is 0.197. The Morgan fingerprint density at radius 3 is 2.76 bits per heavy atom. The van der Waals surface area contributed by atoms with Crippen LogP contribution < -0.4 is 0 Å². The minimum atomic E-state index is -0.818. The number of rotatable bonds is 3. The van der Waals surface area contributed by atoms with Crippen LogP contribution in [0.15, 0.2) is 18.2 Å². The molecule has 5 heteroatoms. The summed E-state index contributed by atoms with van der Waals surface area (Å²) in [6, 6.07) is 4.00. The summed E-state index contributed by atoms with van der Waals surface area (Å²) in [6.07, 6.45) is 3.58. The van der Waals surface area contributed by atoms with Crippen molar-refractivity contribution < 1.29 is 18.3 Å². The molecule has 0 amide bonds. The molecule has 0 aliphatic carbocycles. The zero-order valence-corrected chi connectivity index (χ0v) is 12.1. The van der Waals surface area contributed by atoms with Crippen LogP contribution in [-0.2, 0) is 9.47 Å². The summed E-state index contributed by atoms with van der Waals surface area (Å²) in [7, 11) is 0. The lowest BCUT2D eigenvalue weighted by Gasteiger charge is -2.36. The number of ether oxygens (including phenoxy) is 2. The fourth-order valence-corrected chi connectivity index (χ4v) is 3.02. The highest BCUT2D eigenvalue weighted by Crippen LogP contribution is 2.25. The molecule has 1 aromatic carbocycles. The van der Waals surface area contributed by atoms with E-state index in [0.717, 1.165) is 38.6 Å². The van der Waals surface area contributed by atoms with E-state index in [-0.39, 0.29) is 6.10 Å². The molecule has 2 atom stereocenters. The van der Waals surface area contributed by atoms with Gasteiger partial charge in [0.1, 0.15) is 0 Å².